The van der Waals surface area contributed by atoms with Crippen LogP contribution in [0.5, 0.6) is 5.75 Å². The average molecular weight is 287 g/mol. The van der Waals surface area contributed by atoms with Gasteiger partial charge in [-0.3, -0.25) is 4.79 Å². The SMILES string of the molecule is CC(C)(Oc1cc(Br)cc(C=O)c1)C(=O)O. The van der Waals surface area contributed by atoms with Gasteiger partial charge >= 0.3 is 5.97 Å². The Kier molecular flexibility index (Phi) is 3.70. The quantitative estimate of drug-likeness (QED) is 0.864. The number of carboxylic acid groups (broad SMARTS) is 1. The molecule has 16 heavy (non-hydrogen) atoms. The summed E-state index contributed by atoms with van der Waals surface area (Å²) in [7, 11) is 0. The van der Waals surface area contributed by atoms with Crippen LogP contribution in [0.3, 0.4) is 0 Å². The Morgan fingerprint density at radius 2 is 2.06 bits per heavy atom. The minimum Gasteiger partial charge on any atom is -0.478 e. The second-order valence-corrected chi connectivity index (χ2v) is 4.67. The minimum atomic E-state index is -1.33. The van der Waals surface area contributed by atoms with Crippen LogP contribution in [0.4, 0.5) is 0 Å². The lowest BCUT2D eigenvalue weighted by atomic mass is 10.1. The standard InChI is InChI=1S/C11H11BrO4/c1-11(2,10(14)15)16-9-4-7(6-13)3-8(12)5-9/h3-6H,1-2H3,(H,14,15). The molecule has 4 nitrogen and oxygen atoms in total. The number of rotatable bonds is 4. The Morgan fingerprint density at radius 1 is 1.44 bits per heavy atom. The van der Waals surface area contributed by atoms with Crippen LogP contribution in [-0.2, 0) is 4.79 Å². The van der Waals surface area contributed by atoms with E-state index in [1.165, 1.54) is 19.9 Å². The van der Waals surface area contributed by atoms with Crippen molar-refractivity contribution < 1.29 is 19.4 Å². The zero-order valence-corrected chi connectivity index (χ0v) is 10.4. The lowest BCUT2D eigenvalue weighted by Gasteiger charge is -2.21. The zero-order valence-electron chi connectivity index (χ0n) is 8.86. The summed E-state index contributed by atoms with van der Waals surface area (Å²) in [5, 5.41) is 8.89. The average Bonchev–Trinajstić information content (AvgIpc) is 2.15. The van der Waals surface area contributed by atoms with Crippen LogP contribution >= 0.6 is 15.9 Å². The van der Waals surface area contributed by atoms with E-state index in [4.69, 9.17) is 9.84 Å². The number of aliphatic carboxylic acids is 1. The van der Waals surface area contributed by atoms with E-state index in [0.717, 1.165) is 0 Å². The highest BCUT2D eigenvalue weighted by atomic mass is 79.9. The van der Waals surface area contributed by atoms with Crippen LogP contribution in [0.1, 0.15) is 24.2 Å². The molecule has 1 aromatic carbocycles. The fourth-order valence-corrected chi connectivity index (χ4v) is 1.54. The molecule has 0 saturated carbocycles. The summed E-state index contributed by atoms with van der Waals surface area (Å²) in [6.45, 7) is 2.88. The molecule has 0 aliphatic carbocycles. The Hall–Kier alpha value is -1.36. The van der Waals surface area contributed by atoms with Gasteiger partial charge in [0.15, 0.2) is 5.60 Å². The van der Waals surface area contributed by atoms with E-state index in [2.05, 4.69) is 15.9 Å². The smallest absolute Gasteiger partial charge is 0.347 e. The van der Waals surface area contributed by atoms with Gasteiger partial charge < -0.3 is 9.84 Å². The fraction of sp³-hybridized carbons (Fsp3) is 0.273. The van der Waals surface area contributed by atoms with Crippen molar-refractivity contribution in [1.82, 2.24) is 0 Å². The van der Waals surface area contributed by atoms with Gasteiger partial charge in [-0.05, 0) is 32.0 Å². The van der Waals surface area contributed by atoms with Gasteiger partial charge in [-0.25, -0.2) is 4.79 Å². The second-order valence-electron chi connectivity index (χ2n) is 3.76. The number of ether oxygens (including phenoxy) is 1. The summed E-state index contributed by atoms with van der Waals surface area (Å²) < 4.78 is 5.96. The van der Waals surface area contributed by atoms with Crippen molar-refractivity contribution in [3.8, 4) is 5.75 Å². The summed E-state index contributed by atoms with van der Waals surface area (Å²) in [5.41, 5.74) is -0.911. The van der Waals surface area contributed by atoms with Crippen molar-refractivity contribution in [1.29, 1.82) is 0 Å². The summed E-state index contributed by atoms with van der Waals surface area (Å²) in [5.74, 6) is -0.732. The number of carbonyl (C=O) groups excluding carboxylic acids is 1. The molecule has 0 radical (unpaired) electrons. The van der Waals surface area contributed by atoms with E-state index in [-0.39, 0.29) is 0 Å². The van der Waals surface area contributed by atoms with Crippen LogP contribution in [0.25, 0.3) is 0 Å². The highest BCUT2D eigenvalue weighted by molar-refractivity contribution is 9.10. The first kappa shape index (κ1) is 12.7. The number of carbonyl (C=O) groups is 2. The van der Waals surface area contributed by atoms with Gasteiger partial charge in [-0.1, -0.05) is 15.9 Å². The molecule has 0 amide bonds. The maximum absolute atomic E-state index is 10.9. The van der Waals surface area contributed by atoms with Gasteiger partial charge in [0.05, 0.1) is 0 Å². The molecule has 0 aliphatic heterocycles. The van der Waals surface area contributed by atoms with Gasteiger partial charge in [0, 0.05) is 10.0 Å². The molecule has 5 heteroatoms. The first-order valence-electron chi connectivity index (χ1n) is 4.53. The lowest BCUT2D eigenvalue weighted by molar-refractivity contribution is -0.152. The molecule has 0 atom stereocenters. The molecular formula is C11H11BrO4. The normalized spacial score (nSPS) is 10.9. The largest absolute Gasteiger partial charge is 0.478 e. The first-order chi connectivity index (χ1) is 7.35. The van der Waals surface area contributed by atoms with Crippen LogP contribution in [0.15, 0.2) is 22.7 Å². The predicted octanol–water partition coefficient (Wildman–Crippen LogP) is 2.50. The van der Waals surface area contributed by atoms with Gasteiger partial charge in [0.1, 0.15) is 12.0 Å². The van der Waals surface area contributed by atoms with Crippen LogP contribution in [-0.4, -0.2) is 23.0 Å². The maximum atomic E-state index is 10.9. The minimum absolute atomic E-state index is 0.337. The van der Waals surface area contributed by atoms with E-state index >= 15 is 0 Å². The van der Waals surface area contributed by atoms with Crippen molar-refractivity contribution in [3.05, 3.63) is 28.2 Å². The van der Waals surface area contributed by atoms with Crippen molar-refractivity contribution in [2.45, 2.75) is 19.4 Å². The number of carboxylic acids is 1. The van der Waals surface area contributed by atoms with Crippen LogP contribution in [0.2, 0.25) is 0 Å². The van der Waals surface area contributed by atoms with E-state index in [1.54, 1.807) is 12.1 Å². The highest BCUT2D eigenvalue weighted by Crippen LogP contribution is 2.24. The molecular weight excluding hydrogens is 276 g/mol. The van der Waals surface area contributed by atoms with Gasteiger partial charge in [0.2, 0.25) is 0 Å². The van der Waals surface area contributed by atoms with E-state index < -0.39 is 11.6 Å². The van der Waals surface area contributed by atoms with Crippen molar-refractivity contribution in [2.24, 2.45) is 0 Å². The van der Waals surface area contributed by atoms with Gasteiger partial charge in [0.25, 0.3) is 0 Å². The van der Waals surface area contributed by atoms with E-state index in [9.17, 15) is 9.59 Å². The third kappa shape index (κ3) is 3.06. The summed E-state index contributed by atoms with van der Waals surface area (Å²) >= 11 is 3.21. The number of benzene rings is 1. The Bertz CT molecular complexity index is 426. The third-order valence-electron chi connectivity index (χ3n) is 1.92. The topological polar surface area (TPSA) is 63.6 Å². The Labute approximate surface area is 101 Å². The molecule has 1 N–H and O–H groups in total. The van der Waals surface area contributed by atoms with E-state index in [0.29, 0.717) is 22.1 Å². The van der Waals surface area contributed by atoms with Crippen molar-refractivity contribution >= 4 is 28.2 Å². The third-order valence-corrected chi connectivity index (χ3v) is 2.38. The molecule has 0 saturated heterocycles. The lowest BCUT2D eigenvalue weighted by Crippen LogP contribution is -2.37. The molecule has 1 aromatic rings. The Balaban J connectivity index is 3.01. The Morgan fingerprint density at radius 3 is 2.56 bits per heavy atom. The molecule has 1 rings (SSSR count). The maximum Gasteiger partial charge on any atom is 0.347 e. The number of hydrogen-bond donors (Lipinski definition) is 1. The molecule has 0 bridgehead atoms. The highest BCUT2D eigenvalue weighted by Gasteiger charge is 2.29. The molecule has 0 heterocycles. The number of aldehydes is 1. The molecule has 0 aliphatic rings. The molecule has 0 unspecified atom stereocenters. The molecule has 0 aromatic heterocycles. The number of halogens is 1. The van der Waals surface area contributed by atoms with Crippen LogP contribution in [0, 0.1) is 0 Å². The first-order valence-corrected chi connectivity index (χ1v) is 5.32. The molecule has 0 fully saturated rings. The predicted molar refractivity (Wildman–Crippen MR) is 61.9 cm³/mol. The fourth-order valence-electron chi connectivity index (χ4n) is 1.05. The van der Waals surface area contributed by atoms with Gasteiger partial charge in [-0.2, -0.15) is 0 Å². The second kappa shape index (κ2) is 4.65. The zero-order chi connectivity index (χ0) is 12.3. The number of hydrogen-bond acceptors (Lipinski definition) is 3. The van der Waals surface area contributed by atoms with Crippen LogP contribution < -0.4 is 4.74 Å². The van der Waals surface area contributed by atoms with E-state index in [1.807, 2.05) is 0 Å². The van der Waals surface area contributed by atoms with Crippen molar-refractivity contribution in [2.75, 3.05) is 0 Å². The molecule has 0 spiro atoms. The summed E-state index contributed by atoms with van der Waals surface area (Å²) in [6, 6.07) is 4.72. The molecule has 86 valence electrons. The van der Waals surface area contributed by atoms with Crippen molar-refractivity contribution in [3.63, 3.8) is 0 Å². The monoisotopic (exact) mass is 286 g/mol. The van der Waals surface area contributed by atoms with Gasteiger partial charge in [-0.15, -0.1) is 0 Å². The summed E-state index contributed by atoms with van der Waals surface area (Å²) in [4.78, 5) is 21.5. The summed E-state index contributed by atoms with van der Waals surface area (Å²) in [6.07, 6.45) is 0.672.